The molecular formula is C18H21Cl2N3O. The van der Waals surface area contributed by atoms with Gasteiger partial charge in [0.15, 0.2) is 0 Å². The number of morpholine rings is 1. The maximum absolute atomic E-state index is 6.01. The van der Waals surface area contributed by atoms with E-state index in [4.69, 9.17) is 27.9 Å². The lowest BCUT2D eigenvalue weighted by Gasteiger charge is -2.32. The Hall–Kier alpha value is -1.33. The molecule has 2 aromatic rings. The van der Waals surface area contributed by atoms with Gasteiger partial charge in [-0.15, -0.1) is 0 Å². The van der Waals surface area contributed by atoms with Crippen LogP contribution in [-0.2, 0) is 17.8 Å². The van der Waals surface area contributed by atoms with Crippen molar-refractivity contribution in [2.45, 2.75) is 26.1 Å². The smallest absolute Gasteiger partial charge is 0.128 e. The standard InChI is InChI=1S/C18H21Cl2N3O/c1-13-12-23(4-5-24-13)18-3-2-14(11-22-18)9-21-10-15-6-16(19)8-17(20)7-15/h2-3,6-8,11,13,21H,4-5,9-10,12H2,1H3. The normalized spacial score (nSPS) is 18.0. The van der Waals surface area contributed by atoms with Gasteiger partial charge >= 0.3 is 0 Å². The van der Waals surface area contributed by atoms with Crippen LogP contribution in [0.3, 0.4) is 0 Å². The van der Waals surface area contributed by atoms with Crippen LogP contribution in [0.1, 0.15) is 18.1 Å². The number of aromatic nitrogens is 1. The van der Waals surface area contributed by atoms with Gasteiger partial charge in [0.05, 0.1) is 12.7 Å². The molecule has 128 valence electrons. The van der Waals surface area contributed by atoms with E-state index < -0.39 is 0 Å². The Morgan fingerprint density at radius 3 is 2.58 bits per heavy atom. The van der Waals surface area contributed by atoms with Gasteiger partial charge in [0.2, 0.25) is 0 Å². The molecule has 1 unspecified atom stereocenters. The van der Waals surface area contributed by atoms with Crippen LogP contribution in [0.4, 0.5) is 5.82 Å². The van der Waals surface area contributed by atoms with Gasteiger partial charge in [0, 0.05) is 42.4 Å². The third kappa shape index (κ3) is 4.84. The molecule has 0 radical (unpaired) electrons. The van der Waals surface area contributed by atoms with Crippen LogP contribution in [-0.4, -0.2) is 30.8 Å². The van der Waals surface area contributed by atoms with Crippen LogP contribution < -0.4 is 10.2 Å². The summed E-state index contributed by atoms with van der Waals surface area (Å²) in [5.41, 5.74) is 2.22. The van der Waals surface area contributed by atoms with Gasteiger partial charge in [-0.05, 0) is 42.3 Å². The molecule has 0 aliphatic carbocycles. The van der Waals surface area contributed by atoms with E-state index in [2.05, 4.69) is 34.3 Å². The molecule has 2 heterocycles. The molecule has 1 fully saturated rings. The fourth-order valence-corrected chi connectivity index (χ4v) is 3.37. The number of ether oxygens (including phenoxy) is 1. The largest absolute Gasteiger partial charge is 0.375 e. The summed E-state index contributed by atoms with van der Waals surface area (Å²) in [5.74, 6) is 1.01. The molecule has 0 bridgehead atoms. The lowest BCUT2D eigenvalue weighted by atomic mass is 10.2. The number of hydrogen-bond donors (Lipinski definition) is 1. The van der Waals surface area contributed by atoms with E-state index in [-0.39, 0.29) is 6.10 Å². The Balaban J connectivity index is 1.52. The van der Waals surface area contributed by atoms with Crippen molar-refractivity contribution in [1.29, 1.82) is 0 Å². The molecule has 1 N–H and O–H groups in total. The Kier molecular flexibility index (Phi) is 5.95. The van der Waals surface area contributed by atoms with Gasteiger partial charge in [-0.2, -0.15) is 0 Å². The van der Waals surface area contributed by atoms with E-state index >= 15 is 0 Å². The second-order valence-electron chi connectivity index (χ2n) is 6.03. The van der Waals surface area contributed by atoms with Crippen LogP contribution >= 0.6 is 23.2 Å². The fourth-order valence-electron chi connectivity index (χ4n) is 2.80. The van der Waals surface area contributed by atoms with Gasteiger partial charge in [-0.3, -0.25) is 0 Å². The number of benzene rings is 1. The molecule has 0 saturated carbocycles. The van der Waals surface area contributed by atoms with E-state index in [1.165, 1.54) is 0 Å². The Morgan fingerprint density at radius 1 is 1.17 bits per heavy atom. The SMILES string of the molecule is CC1CN(c2ccc(CNCc3cc(Cl)cc(Cl)c3)cn2)CCO1. The maximum Gasteiger partial charge on any atom is 0.128 e. The Bertz CT molecular complexity index is 658. The van der Waals surface area contributed by atoms with Crippen molar-refractivity contribution in [3.63, 3.8) is 0 Å². The summed E-state index contributed by atoms with van der Waals surface area (Å²) in [7, 11) is 0. The van der Waals surface area contributed by atoms with Crippen molar-refractivity contribution in [3.8, 4) is 0 Å². The van der Waals surface area contributed by atoms with Crippen molar-refractivity contribution in [2.24, 2.45) is 0 Å². The highest BCUT2D eigenvalue weighted by Gasteiger charge is 2.17. The third-order valence-corrected chi connectivity index (χ3v) is 4.39. The zero-order valence-electron chi connectivity index (χ0n) is 13.6. The first-order chi connectivity index (χ1) is 11.6. The quantitative estimate of drug-likeness (QED) is 0.871. The minimum absolute atomic E-state index is 0.256. The monoisotopic (exact) mass is 365 g/mol. The summed E-state index contributed by atoms with van der Waals surface area (Å²) >= 11 is 12.0. The minimum Gasteiger partial charge on any atom is -0.375 e. The number of halogens is 2. The molecule has 24 heavy (non-hydrogen) atoms. The van der Waals surface area contributed by atoms with Gasteiger partial charge < -0.3 is 15.0 Å². The first kappa shape index (κ1) is 17.5. The molecule has 1 aromatic carbocycles. The molecule has 1 saturated heterocycles. The van der Waals surface area contributed by atoms with Crippen LogP contribution in [0.5, 0.6) is 0 Å². The second-order valence-corrected chi connectivity index (χ2v) is 6.91. The zero-order chi connectivity index (χ0) is 16.9. The Labute approximate surface area is 152 Å². The predicted octanol–water partition coefficient (Wildman–Crippen LogP) is 3.90. The summed E-state index contributed by atoms with van der Waals surface area (Å²) in [6, 6.07) is 9.76. The van der Waals surface area contributed by atoms with Crippen molar-refractivity contribution in [2.75, 3.05) is 24.6 Å². The number of nitrogens with one attached hydrogen (secondary N) is 1. The first-order valence-corrected chi connectivity index (χ1v) is 8.83. The zero-order valence-corrected chi connectivity index (χ0v) is 15.1. The van der Waals surface area contributed by atoms with E-state index in [9.17, 15) is 0 Å². The summed E-state index contributed by atoms with van der Waals surface area (Å²) in [6.07, 6.45) is 2.18. The lowest BCUT2D eigenvalue weighted by molar-refractivity contribution is 0.0529. The fraction of sp³-hybridized carbons (Fsp3) is 0.389. The van der Waals surface area contributed by atoms with Crippen molar-refractivity contribution in [3.05, 3.63) is 57.7 Å². The second kappa shape index (κ2) is 8.17. The Morgan fingerprint density at radius 2 is 1.92 bits per heavy atom. The molecule has 1 aromatic heterocycles. The molecule has 1 aliphatic rings. The molecule has 0 spiro atoms. The average Bonchev–Trinajstić information content (AvgIpc) is 2.55. The van der Waals surface area contributed by atoms with Crippen molar-refractivity contribution >= 4 is 29.0 Å². The van der Waals surface area contributed by atoms with Gasteiger partial charge in [-0.25, -0.2) is 4.98 Å². The van der Waals surface area contributed by atoms with Gasteiger partial charge in [0.25, 0.3) is 0 Å². The summed E-state index contributed by atoms with van der Waals surface area (Å²) in [4.78, 5) is 6.84. The molecule has 6 heteroatoms. The molecule has 3 rings (SSSR count). The number of rotatable bonds is 5. The van der Waals surface area contributed by atoms with Crippen LogP contribution in [0.25, 0.3) is 0 Å². The number of nitrogens with zero attached hydrogens (tertiary/aromatic N) is 2. The van der Waals surface area contributed by atoms with Crippen LogP contribution in [0, 0.1) is 0 Å². The molecule has 0 amide bonds. The van der Waals surface area contributed by atoms with Crippen molar-refractivity contribution < 1.29 is 4.74 Å². The highest BCUT2D eigenvalue weighted by atomic mass is 35.5. The minimum atomic E-state index is 0.256. The van der Waals surface area contributed by atoms with E-state index in [0.29, 0.717) is 16.6 Å². The van der Waals surface area contributed by atoms with Gasteiger partial charge in [0.1, 0.15) is 5.82 Å². The number of pyridine rings is 1. The van der Waals surface area contributed by atoms with Gasteiger partial charge in [-0.1, -0.05) is 29.3 Å². The van der Waals surface area contributed by atoms with E-state index in [1.54, 1.807) is 6.07 Å². The summed E-state index contributed by atoms with van der Waals surface area (Å²) in [6.45, 7) is 6.09. The highest BCUT2D eigenvalue weighted by Crippen LogP contribution is 2.19. The lowest BCUT2D eigenvalue weighted by Crippen LogP contribution is -2.41. The van der Waals surface area contributed by atoms with Crippen molar-refractivity contribution in [1.82, 2.24) is 10.3 Å². The summed E-state index contributed by atoms with van der Waals surface area (Å²) < 4.78 is 5.57. The number of anilines is 1. The molecule has 1 atom stereocenters. The van der Waals surface area contributed by atoms with E-state index in [1.807, 2.05) is 18.3 Å². The molecule has 1 aliphatic heterocycles. The maximum atomic E-state index is 6.01. The topological polar surface area (TPSA) is 37.4 Å². The first-order valence-electron chi connectivity index (χ1n) is 8.07. The van der Waals surface area contributed by atoms with Crippen LogP contribution in [0.15, 0.2) is 36.5 Å². The van der Waals surface area contributed by atoms with Crippen LogP contribution in [0.2, 0.25) is 10.0 Å². The molecular weight excluding hydrogens is 345 g/mol. The predicted molar refractivity (Wildman–Crippen MR) is 98.9 cm³/mol. The molecule has 4 nitrogen and oxygen atoms in total. The van der Waals surface area contributed by atoms with E-state index in [0.717, 1.165) is 43.2 Å². The summed E-state index contributed by atoms with van der Waals surface area (Å²) in [5, 5.41) is 4.70. The number of hydrogen-bond acceptors (Lipinski definition) is 4. The third-order valence-electron chi connectivity index (χ3n) is 3.95. The average molecular weight is 366 g/mol. The highest BCUT2D eigenvalue weighted by molar-refractivity contribution is 6.34.